The number of nitro benzene ring substituents is 1. The van der Waals surface area contributed by atoms with E-state index in [9.17, 15) is 10.1 Å². The summed E-state index contributed by atoms with van der Waals surface area (Å²) in [5.74, 6) is 1.19. The number of hydrogen-bond donors (Lipinski definition) is 1. The molecule has 110 valence electrons. The van der Waals surface area contributed by atoms with Gasteiger partial charge in [0, 0.05) is 18.8 Å². The number of nitrogens with zero attached hydrogens (tertiary/aromatic N) is 3. The zero-order valence-corrected chi connectivity index (χ0v) is 11.6. The Kier molecular flexibility index (Phi) is 4.50. The van der Waals surface area contributed by atoms with Crippen molar-refractivity contribution >= 4 is 11.6 Å². The molecule has 0 aliphatic heterocycles. The molecule has 1 heterocycles. The molecule has 0 bridgehead atoms. The maximum atomic E-state index is 11.0. The van der Waals surface area contributed by atoms with Crippen LogP contribution in [0.3, 0.4) is 0 Å². The molecule has 0 aliphatic carbocycles. The average molecular weight is 290 g/mol. The standard InChI is InChI=1S/C13H14N4O4/c1-3-14-13-15-7-6-12(16-13)21-9-4-5-11(20-2)10(8-9)17(18)19/h4-8H,3H2,1-2H3,(H,14,15,16). The number of methoxy groups -OCH3 is 1. The minimum absolute atomic E-state index is 0.170. The second-order valence-electron chi connectivity index (χ2n) is 3.94. The summed E-state index contributed by atoms with van der Waals surface area (Å²) in [5.41, 5.74) is -0.170. The lowest BCUT2D eigenvalue weighted by Gasteiger charge is -2.07. The first-order chi connectivity index (χ1) is 10.1. The maximum absolute atomic E-state index is 11.0. The van der Waals surface area contributed by atoms with Crippen LogP contribution in [0.2, 0.25) is 0 Å². The largest absolute Gasteiger partial charge is 0.490 e. The number of ether oxygens (including phenoxy) is 2. The van der Waals surface area contributed by atoms with Gasteiger partial charge in [0.25, 0.3) is 0 Å². The highest BCUT2D eigenvalue weighted by Gasteiger charge is 2.16. The van der Waals surface area contributed by atoms with Crippen LogP contribution in [0.1, 0.15) is 6.92 Å². The van der Waals surface area contributed by atoms with Crippen molar-refractivity contribution in [2.45, 2.75) is 6.92 Å². The Hall–Kier alpha value is -2.90. The van der Waals surface area contributed by atoms with E-state index in [1.807, 2.05) is 6.92 Å². The SMILES string of the molecule is CCNc1nccc(Oc2ccc(OC)c([N+](=O)[O-])c2)n1. The van der Waals surface area contributed by atoms with Crippen molar-refractivity contribution in [2.24, 2.45) is 0 Å². The fourth-order valence-corrected chi connectivity index (χ4v) is 1.64. The van der Waals surface area contributed by atoms with Crippen LogP contribution in [0, 0.1) is 10.1 Å². The predicted octanol–water partition coefficient (Wildman–Crippen LogP) is 2.62. The Labute approximate surface area is 120 Å². The van der Waals surface area contributed by atoms with Crippen molar-refractivity contribution in [3.63, 3.8) is 0 Å². The van der Waals surface area contributed by atoms with Crippen molar-refractivity contribution in [1.82, 2.24) is 9.97 Å². The summed E-state index contributed by atoms with van der Waals surface area (Å²) in [6.07, 6.45) is 1.54. The Morgan fingerprint density at radius 3 is 2.86 bits per heavy atom. The molecule has 1 aromatic heterocycles. The van der Waals surface area contributed by atoms with E-state index < -0.39 is 4.92 Å². The van der Waals surface area contributed by atoms with Gasteiger partial charge in [-0.3, -0.25) is 10.1 Å². The van der Waals surface area contributed by atoms with Crippen LogP contribution in [0.25, 0.3) is 0 Å². The average Bonchev–Trinajstić information content (AvgIpc) is 2.48. The smallest absolute Gasteiger partial charge is 0.314 e. The second-order valence-corrected chi connectivity index (χ2v) is 3.94. The van der Waals surface area contributed by atoms with Crippen LogP contribution in [-0.4, -0.2) is 28.5 Å². The van der Waals surface area contributed by atoms with Gasteiger partial charge in [-0.05, 0) is 19.1 Å². The Morgan fingerprint density at radius 2 is 2.19 bits per heavy atom. The Bertz CT molecular complexity index is 648. The van der Waals surface area contributed by atoms with E-state index in [0.29, 0.717) is 24.1 Å². The topological polar surface area (TPSA) is 99.4 Å². The zero-order valence-electron chi connectivity index (χ0n) is 11.6. The highest BCUT2D eigenvalue weighted by molar-refractivity contribution is 5.51. The molecule has 8 heteroatoms. The predicted molar refractivity (Wildman–Crippen MR) is 75.9 cm³/mol. The van der Waals surface area contributed by atoms with Gasteiger partial charge in [0.1, 0.15) is 5.75 Å². The molecule has 0 saturated carbocycles. The third-order valence-electron chi connectivity index (χ3n) is 2.53. The molecule has 0 unspecified atom stereocenters. The van der Waals surface area contributed by atoms with Crippen LogP contribution in [0.5, 0.6) is 17.4 Å². The normalized spacial score (nSPS) is 10.0. The van der Waals surface area contributed by atoms with Crippen molar-refractivity contribution in [3.05, 3.63) is 40.6 Å². The minimum atomic E-state index is -0.532. The molecule has 1 N–H and O–H groups in total. The van der Waals surface area contributed by atoms with Gasteiger partial charge in [-0.25, -0.2) is 4.98 Å². The van der Waals surface area contributed by atoms with Gasteiger partial charge in [0.2, 0.25) is 11.8 Å². The number of nitro groups is 1. The summed E-state index contributed by atoms with van der Waals surface area (Å²) in [7, 11) is 1.37. The number of anilines is 1. The molecule has 0 saturated heterocycles. The first-order valence-electron chi connectivity index (χ1n) is 6.21. The van der Waals surface area contributed by atoms with E-state index in [4.69, 9.17) is 9.47 Å². The summed E-state index contributed by atoms with van der Waals surface area (Å²) >= 11 is 0. The summed E-state index contributed by atoms with van der Waals surface area (Å²) in [4.78, 5) is 18.6. The van der Waals surface area contributed by atoms with Gasteiger partial charge in [-0.1, -0.05) is 0 Å². The molecule has 0 atom stereocenters. The maximum Gasteiger partial charge on any atom is 0.314 e. The van der Waals surface area contributed by atoms with Crippen molar-refractivity contribution < 1.29 is 14.4 Å². The van der Waals surface area contributed by atoms with Crippen LogP contribution < -0.4 is 14.8 Å². The fourth-order valence-electron chi connectivity index (χ4n) is 1.64. The lowest BCUT2D eigenvalue weighted by molar-refractivity contribution is -0.385. The lowest BCUT2D eigenvalue weighted by Crippen LogP contribution is -2.02. The molecular weight excluding hydrogens is 276 g/mol. The molecule has 21 heavy (non-hydrogen) atoms. The molecule has 0 fully saturated rings. The van der Waals surface area contributed by atoms with Crippen molar-refractivity contribution in [2.75, 3.05) is 19.0 Å². The molecule has 0 radical (unpaired) electrons. The van der Waals surface area contributed by atoms with Gasteiger partial charge in [0.15, 0.2) is 5.75 Å². The van der Waals surface area contributed by atoms with Crippen LogP contribution >= 0.6 is 0 Å². The van der Waals surface area contributed by atoms with Crippen LogP contribution in [-0.2, 0) is 0 Å². The summed E-state index contributed by atoms with van der Waals surface area (Å²) < 4.78 is 10.4. The first-order valence-corrected chi connectivity index (χ1v) is 6.21. The van der Waals surface area contributed by atoms with E-state index in [-0.39, 0.29) is 11.4 Å². The monoisotopic (exact) mass is 290 g/mol. The summed E-state index contributed by atoms with van der Waals surface area (Å²) in [5, 5.41) is 13.9. The molecule has 2 aromatic rings. The molecule has 0 spiro atoms. The number of hydrogen-bond acceptors (Lipinski definition) is 7. The molecule has 0 amide bonds. The van der Waals surface area contributed by atoms with Crippen LogP contribution in [0.4, 0.5) is 11.6 Å². The molecule has 8 nitrogen and oxygen atoms in total. The number of nitrogens with one attached hydrogen (secondary N) is 1. The highest BCUT2D eigenvalue weighted by atomic mass is 16.6. The third-order valence-corrected chi connectivity index (χ3v) is 2.53. The van der Waals surface area contributed by atoms with E-state index in [1.165, 1.54) is 25.4 Å². The van der Waals surface area contributed by atoms with E-state index in [1.54, 1.807) is 12.1 Å². The van der Waals surface area contributed by atoms with E-state index in [0.717, 1.165) is 0 Å². The summed E-state index contributed by atoms with van der Waals surface area (Å²) in [6, 6.07) is 5.89. The van der Waals surface area contributed by atoms with E-state index >= 15 is 0 Å². The summed E-state index contributed by atoms with van der Waals surface area (Å²) in [6.45, 7) is 2.60. The van der Waals surface area contributed by atoms with Crippen molar-refractivity contribution in [3.8, 4) is 17.4 Å². The quantitative estimate of drug-likeness (QED) is 0.644. The number of aromatic nitrogens is 2. The third kappa shape index (κ3) is 3.56. The van der Waals surface area contributed by atoms with Gasteiger partial charge >= 0.3 is 5.69 Å². The molecule has 2 rings (SSSR count). The number of rotatable bonds is 6. The molecule has 0 aliphatic rings. The van der Waals surface area contributed by atoms with Gasteiger partial charge in [0.05, 0.1) is 18.1 Å². The minimum Gasteiger partial charge on any atom is -0.490 e. The van der Waals surface area contributed by atoms with Gasteiger partial charge in [-0.2, -0.15) is 4.98 Å². The van der Waals surface area contributed by atoms with Crippen LogP contribution in [0.15, 0.2) is 30.5 Å². The first kappa shape index (κ1) is 14.5. The van der Waals surface area contributed by atoms with Gasteiger partial charge in [-0.15, -0.1) is 0 Å². The molecular formula is C13H14N4O4. The zero-order chi connectivity index (χ0) is 15.2. The molecule has 1 aromatic carbocycles. The Balaban J connectivity index is 2.25. The lowest BCUT2D eigenvalue weighted by atomic mass is 10.3. The number of benzene rings is 1. The highest BCUT2D eigenvalue weighted by Crippen LogP contribution is 2.32. The van der Waals surface area contributed by atoms with E-state index in [2.05, 4.69) is 15.3 Å². The van der Waals surface area contributed by atoms with Gasteiger partial charge < -0.3 is 14.8 Å². The van der Waals surface area contributed by atoms with Crippen molar-refractivity contribution in [1.29, 1.82) is 0 Å². The second kappa shape index (κ2) is 6.51. The fraction of sp³-hybridized carbons (Fsp3) is 0.231. The Morgan fingerprint density at radius 1 is 1.38 bits per heavy atom.